The molecule has 1 saturated carbocycles. The molecule has 25 heavy (non-hydrogen) atoms. The number of rotatable bonds is 8. The van der Waals surface area contributed by atoms with Gasteiger partial charge < -0.3 is 9.22 Å². The van der Waals surface area contributed by atoms with Crippen molar-refractivity contribution in [3.63, 3.8) is 0 Å². The molecule has 2 nitrogen and oxygen atoms in total. The lowest BCUT2D eigenvalue weighted by Gasteiger charge is -2.43. The minimum absolute atomic E-state index is 0.462. The lowest BCUT2D eigenvalue weighted by molar-refractivity contribution is -0.966. The van der Waals surface area contributed by atoms with Crippen LogP contribution >= 0.6 is 0 Å². The molecule has 0 radical (unpaired) electrons. The van der Waals surface area contributed by atoms with Gasteiger partial charge in [0.2, 0.25) is 0 Å². The molecule has 0 unspecified atom stereocenters. The maximum atomic E-state index is 6.53. The normalized spacial score (nSPS) is 39.0. The van der Waals surface area contributed by atoms with E-state index in [1.54, 1.807) is 0 Å². The molecule has 2 saturated heterocycles. The van der Waals surface area contributed by atoms with E-state index in [2.05, 4.69) is 44.2 Å². The van der Waals surface area contributed by atoms with Crippen molar-refractivity contribution in [3.8, 4) is 0 Å². The molecule has 1 aromatic carbocycles. The second kappa shape index (κ2) is 7.04. The van der Waals surface area contributed by atoms with E-state index in [0.717, 1.165) is 18.4 Å². The summed E-state index contributed by atoms with van der Waals surface area (Å²) in [5.74, 6) is 1.71. The zero-order chi connectivity index (χ0) is 17.3. The van der Waals surface area contributed by atoms with Crippen LogP contribution < -0.4 is 0 Å². The van der Waals surface area contributed by atoms with Crippen LogP contribution in [-0.4, -0.2) is 35.8 Å². The van der Waals surface area contributed by atoms with Gasteiger partial charge in [-0.1, -0.05) is 56.5 Å². The van der Waals surface area contributed by atoms with Crippen molar-refractivity contribution in [2.24, 2.45) is 11.8 Å². The van der Waals surface area contributed by atoms with Crippen molar-refractivity contribution >= 4 is 0 Å². The fourth-order valence-electron chi connectivity index (χ4n) is 6.59. The average molecular weight is 343 g/mol. The number of hydrogen-bond acceptors (Lipinski definition) is 1. The number of benzene rings is 1. The minimum atomic E-state index is 0.462. The molecule has 0 N–H and O–H groups in total. The highest BCUT2D eigenvalue weighted by atomic mass is 16.5. The Balaban J connectivity index is 1.49. The number of ether oxygens (including phenoxy) is 1. The Morgan fingerprint density at radius 1 is 1.08 bits per heavy atom. The van der Waals surface area contributed by atoms with Gasteiger partial charge in [-0.2, -0.15) is 0 Å². The highest BCUT2D eigenvalue weighted by Gasteiger charge is 2.71. The van der Waals surface area contributed by atoms with Crippen molar-refractivity contribution in [1.29, 1.82) is 0 Å². The van der Waals surface area contributed by atoms with Crippen molar-refractivity contribution < 1.29 is 9.22 Å². The Bertz CT molecular complexity index is 573. The van der Waals surface area contributed by atoms with Crippen LogP contribution in [0.2, 0.25) is 0 Å². The molecule has 138 valence electrons. The van der Waals surface area contributed by atoms with E-state index < -0.39 is 0 Å². The number of quaternary nitrogens is 1. The highest BCUT2D eigenvalue weighted by Crippen LogP contribution is 2.61. The molecular weight excluding hydrogens is 306 g/mol. The fourth-order valence-corrected chi connectivity index (χ4v) is 6.59. The molecule has 2 heterocycles. The first-order valence-corrected chi connectivity index (χ1v) is 10.7. The zero-order valence-electron chi connectivity index (χ0n) is 16.3. The van der Waals surface area contributed by atoms with E-state index in [1.807, 2.05) is 0 Å². The van der Waals surface area contributed by atoms with Gasteiger partial charge in [-0.15, -0.1) is 0 Å². The van der Waals surface area contributed by atoms with Crippen LogP contribution in [0.1, 0.15) is 64.4 Å². The topological polar surface area (TPSA) is 9.23 Å². The summed E-state index contributed by atoms with van der Waals surface area (Å²) in [5.41, 5.74) is 1.97. The Hall–Kier alpha value is -0.860. The Kier molecular flexibility index (Phi) is 4.94. The summed E-state index contributed by atoms with van der Waals surface area (Å²) in [7, 11) is 0. The first-order valence-electron chi connectivity index (χ1n) is 10.7. The summed E-state index contributed by atoms with van der Waals surface area (Å²) in [6, 6.07) is 11.2. The Morgan fingerprint density at radius 2 is 1.92 bits per heavy atom. The number of hydrogen-bond donors (Lipinski definition) is 0. The lowest BCUT2D eigenvalue weighted by atomic mass is 9.83. The molecule has 0 spiro atoms. The summed E-state index contributed by atoms with van der Waals surface area (Å²) >= 11 is 0. The number of nitrogens with zero attached hydrogens (tertiary/aromatic N) is 1. The predicted molar refractivity (Wildman–Crippen MR) is 103 cm³/mol. The van der Waals surface area contributed by atoms with Gasteiger partial charge in [-0.05, 0) is 26.2 Å². The first kappa shape index (κ1) is 17.5. The van der Waals surface area contributed by atoms with Crippen molar-refractivity contribution in [2.45, 2.75) is 77.0 Å². The van der Waals surface area contributed by atoms with Gasteiger partial charge in [0.1, 0.15) is 24.7 Å². The summed E-state index contributed by atoms with van der Waals surface area (Å²) in [5, 5.41) is 0. The largest absolute Gasteiger partial charge is 0.372 e. The molecular formula is C23H36NO+. The van der Waals surface area contributed by atoms with Gasteiger partial charge in [-0.25, -0.2) is 0 Å². The molecule has 2 aliphatic heterocycles. The molecule has 3 fully saturated rings. The zero-order valence-corrected chi connectivity index (χ0v) is 16.3. The lowest BCUT2D eigenvalue weighted by Crippen LogP contribution is -2.57. The molecule has 0 bridgehead atoms. The fraction of sp³-hybridized carbons (Fsp3) is 0.739. The van der Waals surface area contributed by atoms with Crippen molar-refractivity contribution in [1.82, 2.24) is 0 Å². The second-order valence-electron chi connectivity index (χ2n) is 9.06. The molecule has 2 heteroatoms. The molecule has 0 amide bonds. The van der Waals surface area contributed by atoms with E-state index in [9.17, 15) is 0 Å². The molecule has 0 aromatic heterocycles. The summed E-state index contributed by atoms with van der Waals surface area (Å²) in [4.78, 5) is 0. The van der Waals surface area contributed by atoms with E-state index in [0.29, 0.717) is 11.6 Å². The first-order chi connectivity index (χ1) is 12.2. The second-order valence-corrected chi connectivity index (χ2v) is 9.06. The van der Waals surface area contributed by atoms with Gasteiger partial charge in [0, 0.05) is 30.4 Å². The smallest absolute Gasteiger partial charge is 0.115 e. The maximum Gasteiger partial charge on any atom is 0.115 e. The average Bonchev–Trinajstić information content (AvgIpc) is 3.18. The van der Waals surface area contributed by atoms with Gasteiger partial charge in [-0.3, -0.25) is 0 Å². The van der Waals surface area contributed by atoms with Crippen LogP contribution in [0.4, 0.5) is 0 Å². The van der Waals surface area contributed by atoms with Gasteiger partial charge in [0.05, 0.1) is 6.54 Å². The van der Waals surface area contributed by atoms with Crippen LogP contribution in [0.5, 0.6) is 0 Å². The Labute approximate surface area is 154 Å². The molecule has 5 atom stereocenters. The molecule has 1 aromatic rings. The summed E-state index contributed by atoms with van der Waals surface area (Å²) in [6.07, 6.45) is 10.0. The maximum absolute atomic E-state index is 6.53. The van der Waals surface area contributed by atoms with Crippen LogP contribution in [0.25, 0.3) is 0 Å². The van der Waals surface area contributed by atoms with E-state index >= 15 is 0 Å². The summed E-state index contributed by atoms with van der Waals surface area (Å²) in [6.45, 7) is 9.70. The minimum Gasteiger partial charge on any atom is -0.372 e. The quantitative estimate of drug-likeness (QED) is 0.468. The third-order valence-electron chi connectivity index (χ3n) is 7.97. The van der Waals surface area contributed by atoms with Crippen LogP contribution in [-0.2, 0) is 11.3 Å². The molecule has 3 aliphatic rings. The van der Waals surface area contributed by atoms with Crippen LogP contribution in [0.15, 0.2) is 30.3 Å². The molecule has 4 rings (SSSR count). The number of unbranched alkanes of at least 4 members (excludes halogenated alkanes) is 3. The predicted octanol–water partition coefficient (Wildman–Crippen LogP) is 5.17. The van der Waals surface area contributed by atoms with Crippen LogP contribution in [0.3, 0.4) is 0 Å². The third-order valence-corrected chi connectivity index (χ3v) is 7.97. The van der Waals surface area contributed by atoms with Crippen LogP contribution in [0, 0.1) is 11.8 Å². The standard InChI is InChI=1S/C23H36NO/c1-3-4-5-9-16-25-22-18-24(17-19-10-7-6-8-11-19)15-14-20-12-13-21(22)23(20,24)2/h6-8,10-11,20-22H,3-5,9,12-18H2,1-2H3/q+1/t20-,21+,22-,23+,24+/m0/s1. The van der Waals surface area contributed by atoms with Gasteiger partial charge in [0.15, 0.2) is 0 Å². The highest BCUT2D eigenvalue weighted by molar-refractivity contribution is 5.16. The third kappa shape index (κ3) is 2.86. The van der Waals surface area contributed by atoms with E-state index in [-0.39, 0.29) is 0 Å². The van der Waals surface area contributed by atoms with Gasteiger partial charge in [0.25, 0.3) is 0 Å². The summed E-state index contributed by atoms with van der Waals surface area (Å²) < 4.78 is 7.83. The Morgan fingerprint density at radius 3 is 2.72 bits per heavy atom. The van der Waals surface area contributed by atoms with Gasteiger partial charge >= 0.3 is 0 Å². The SMILES string of the molecule is CCCCCCO[C@H]1C[N@+]2(Cc3ccccc3)CC[C@@H]3CC[C@H]1[C@@]32C. The van der Waals surface area contributed by atoms with Crippen molar-refractivity contribution in [2.75, 3.05) is 19.7 Å². The van der Waals surface area contributed by atoms with E-state index in [4.69, 9.17) is 4.74 Å². The monoisotopic (exact) mass is 342 g/mol. The molecule has 1 aliphatic carbocycles. The van der Waals surface area contributed by atoms with Crippen molar-refractivity contribution in [3.05, 3.63) is 35.9 Å². The van der Waals surface area contributed by atoms with E-state index in [1.165, 1.54) is 74.6 Å².